The van der Waals surface area contributed by atoms with Gasteiger partial charge < -0.3 is 9.47 Å². The van der Waals surface area contributed by atoms with Crippen LogP contribution in [0.5, 0.6) is 11.5 Å². The third-order valence-electron chi connectivity index (χ3n) is 4.31. The number of rotatable bonds is 5. The third kappa shape index (κ3) is 4.05. The van der Waals surface area contributed by atoms with Crippen molar-refractivity contribution in [2.75, 3.05) is 20.2 Å². The Balaban J connectivity index is 1.70. The van der Waals surface area contributed by atoms with Gasteiger partial charge in [-0.3, -0.25) is 0 Å². The maximum atomic E-state index is 12.6. The number of carbonyl (C=O) groups is 1. The van der Waals surface area contributed by atoms with E-state index in [1.807, 2.05) is 0 Å². The summed E-state index contributed by atoms with van der Waals surface area (Å²) >= 11 is 0. The molecule has 7 heteroatoms. The number of carbonyl (C=O) groups excluding carboxylic acids is 1. The number of sulfonamides is 1. The van der Waals surface area contributed by atoms with Gasteiger partial charge in [0.05, 0.1) is 17.6 Å². The second-order valence-electron chi connectivity index (χ2n) is 6.05. The topological polar surface area (TPSA) is 72.9 Å². The van der Waals surface area contributed by atoms with Gasteiger partial charge in [0.2, 0.25) is 10.0 Å². The van der Waals surface area contributed by atoms with E-state index in [1.54, 1.807) is 31.4 Å². The second kappa shape index (κ2) is 7.88. The predicted molar refractivity (Wildman–Crippen MR) is 97.0 cm³/mol. The van der Waals surface area contributed by atoms with Crippen LogP contribution in [0, 0.1) is 0 Å². The highest BCUT2D eigenvalue weighted by molar-refractivity contribution is 7.89. The van der Waals surface area contributed by atoms with Crippen molar-refractivity contribution in [3.8, 4) is 11.5 Å². The number of nitrogens with zero attached hydrogens (tertiary/aromatic N) is 1. The van der Waals surface area contributed by atoms with Crippen LogP contribution in [0.3, 0.4) is 0 Å². The maximum absolute atomic E-state index is 12.6. The molecule has 0 amide bonds. The van der Waals surface area contributed by atoms with E-state index in [0.29, 0.717) is 30.2 Å². The SMILES string of the molecule is COc1ccc(OC(=O)c2ccc(S(=O)(=O)N3CCCCC3)cc2)cc1. The van der Waals surface area contributed by atoms with Crippen molar-refractivity contribution in [3.05, 3.63) is 54.1 Å². The Hall–Kier alpha value is -2.38. The summed E-state index contributed by atoms with van der Waals surface area (Å²) in [6.07, 6.45) is 2.82. The molecule has 0 spiro atoms. The van der Waals surface area contributed by atoms with Crippen molar-refractivity contribution in [2.24, 2.45) is 0 Å². The zero-order chi connectivity index (χ0) is 18.6. The summed E-state index contributed by atoms with van der Waals surface area (Å²) in [5.41, 5.74) is 0.290. The maximum Gasteiger partial charge on any atom is 0.343 e. The number of piperidine rings is 1. The van der Waals surface area contributed by atoms with Crippen LogP contribution in [0.25, 0.3) is 0 Å². The zero-order valence-electron chi connectivity index (χ0n) is 14.6. The average Bonchev–Trinajstić information content (AvgIpc) is 2.69. The molecule has 2 aromatic carbocycles. The van der Waals surface area contributed by atoms with E-state index in [2.05, 4.69) is 0 Å². The number of ether oxygens (including phenoxy) is 2. The molecule has 2 aromatic rings. The molecular weight excluding hydrogens is 354 g/mol. The molecule has 3 rings (SSSR count). The first kappa shape index (κ1) is 18.4. The van der Waals surface area contributed by atoms with Gasteiger partial charge in [-0.1, -0.05) is 6.42 Å². The van der Waals surface area contributed by atoms with Crippen LogP contribution < -0.4 is 9.47 Å². The molecular formula is C19H21NO5S. The van der Waals surface area contributed by atoms with Gasteiger partial charge in [0, 0.05) is 13.1 Å². The number of hydrogen-bond donors (Lipinski definition) is 0. The Morgan fingerprint density at radius 3 is 2.04 bits per heavy atom. The number of esters is 1. The van der Waals surface area contributed by atoms with Gasteiger partial charge in [0.1, 0.15) is 11.5 Å². The first-order valence-electron chi connectivity index (χ1n) is 8.47. The first-order chi connectivity index (χ1) is 12.5. The van der Waals surface area contributed by atoms with Crippen molar-refractivity contribution in [1.29, 1.82) is 0 Å². The monoisotopic (exact) mass is 375 g/mol. The largest absolute Gasteiger partial charge is 0.497 e. The number of benzene rings is 2. The van der Waals surface area contributed by atoms with Gasteiger partial charge in [0.25, 0.3) is 0 Å². The average molecular weight is 375 g/mol. The van der Waals surface area contributed by atoms with E-state index >= 15 is 0 Å². The fourth-order valence-corrected chi connectivity index (χ4v) is 4.34. The van der Waals surface area contributed by atoms with Crippen molar-refractivity contribution >= 4 is 16.0 Å². The lowest BCUT2D eigenvalue weighted by Gasteiger charge is -2.25. The van der Waals surface area contributed by atoms with Gasteiger partial charge in [-0.15, -0.1) is 0 Å². The highest BCUT2D eigenvalue weighted by Gasteiger charge is 2.26. The van der Waals surface area contributed by atoms with Crippen LogP contribution in [0.1, 0.15) is 29.6 Å². The number of hydrogen-bond acceptors (Lipinski definition) is 5. The highest BCUT2D eigenvalue weighted by atomic mass is 32.2. The van der Waals surface area contributed by atoms with E-state index in [0.717, 1.165) is 19.3 Å². The summed E-state index contributed by atoms with van der Waals surface area (Å²) in [5.74, 6) is 0.509. The smallest absolute Gasteiger partial charge is 0.343 e. The molecule has 0 radical (unpaired) electrons. The quantitative estimate of drug-likeness (QED) is 0.593. The van der Waals surface area contributed by atoms with Gasteiger partial charge in [-0.05, 0) is 61.4 Å². The van der Waals surface area contributed by atoms with Gasteiger partial charge in [-0.25, -0.2) is 13.2 Å². The summed E-state index contributed by atoms with van der Waals surface area (Å²) < 4.78 is 37.1. The fourth-order valence-electron chi connectivity index (χ4n) is 2.83. The van der Waals surface area contributed by atoms with E-state index in [9.17, 15) is 13.2 Å². The van der Waals surface area contributed by atoms with Crippen LogP contribution in [0.15, 0.2) is 53.4 Å². The van der Waals surface area contributed by atoms with Crippen molar-refractivity contribution in [3.63, 3.8) is 0 Å². The molecule has 26 heavy (non-hydrogen) atoms. The Morgan fingerprint density at radius 2 is 1.46 bits per heavy atom. The summed E-state index contributed by atoms with van der Waals surface area (Å²) in [6.45, 7) is 1.09. The minimum Gasteiger partial charge on any atom is -0.497 e. The molecule has 1 saturated heterocycles. The molecule has 6 nitrogen and oxygen atoms in total. The molecule has 0 aromatic heterocycles. The first-order valence-corrected chi connectivity index (χ1v) is 9.91. The fraction of sp³-hybridized carbons (Fsp3) is 0.316. The van der Waals surface area contributed by atoms with Crippen molar-refractivity contribution in [2.45, 2.75) is 24.2 Å². The molecule has 1 aliphatic rings. The van der Waals surface area contributed by atoms with Crippen LogP contribution in [-0.4, -0.2) is 38.9 Å². The minimum absolute atomic E-state index is 0.195. The Labute approximate surface area is 153 Å². The lowest BCUT2D eigenvalue weighted by Crippen LogP contribution is -2.35. The third-order valence-corrected chi connectivity index (χ3v) is 6.23. The van der Waals surface area contributed by atoms with Crippen LogP contribution in [-0.2, 0) is 10.0 Å². The van der Waals surface area contributed by atoms with Gasteiger partial charge in [-0.2, -0.15) is 4.31 Å². The van der Waals surface area contributed by atoms with E-state index in [1.165, 1.54) is 28.6 Å². The molecule has 0 bridgehead atoms. The molecule has 0 N–H and O–H groups in total. The number of methoxy groups -OCH3 is 1. The lowest BCUT2D eigenvalue weighted by molar-refractivity contribution is 0.0734. The standard InChI is InChI=1S/C19H21NO5S/c1-24-16-7-9-17(10-8-16)25-19(21)15-5-11-18(12-6-15)26(22,23)20-13-3-2-4-14-20/h5-12H,2-4,13-14H2,1H3. The molecule has 1 heterocycles. The van der Waals surface area contributed by atoms with Crippen LogP contribution in [0.4, 0.5) is 0 Å². The van der Waals surface area contributed by atoms with Gasteiger partial charge in [0.15, 0.2) is 0 Å². The molecule has 1 fully saturated rings. The summed E-state index contributed by atoms with van der Waals surface area (Å²) in [4.78, 5) is 12.4. The van der Waals surface area contributed by atoms with Crippen LogP contribution in [0.2, 0.25) is 0 Å². The van der Waals surface area contributed by atoms with E-state index in [-0.39, 0.29) is 4.90 Å². The highest BCUT2D eigenvalue weighted by Crippen LogP contribution is 2.22. The second-order valence-corrected chi connectivity index (χ2v) is 7.99. The van der Waals surface area contributed by atoms with Gasteiger partial charge >= 0.3 is 5.97 Å². The molecule has 138 valence electrons. The molecule has 0 saturated carbocycles. The summed E-state index contributed by atoms with van der Waals surface area (Å²) in [6, 6.07) is 12.5. The van der Waals surface area contributed by atoms with E-state index < -0.39 is 16.0 Å². The Kier molecular flexibility index (Phi) is 5.58. The predicted octanol–water partition coefficient (Wildman–Crippen LogP) is 3.09. The molecule has 1 aliphatic heterocycles. The van der Waals surface area contributed by atoms with E-state index in [4.69, 9.17) is 9.47 Å². The normalized spacial score (nSPS) is 15.4. The lowest BCUT2D eigenvalue weighted by atomic mass is 10.2. The molecule has 0 atom stereocenters. The Morgan fingerprint density at radius 1 is 0.885 bits per heavy atom. The summed E-state index contributed by atoms with van der Waals surface area (Å²) in [5, 5.41) is 0. The Bertz CT molecular complexity index is 854. The van der Waals surface area contributed by atoms with Crippen LogP contribution >= 0.6 is 0 Å². The van der Waals surface area contributed by atoms with Crippen molar-refractivity contribution < 1.29 is 22.7 Å². The zero-order valence-corrected chi connectivity index (χ0v) is 15.4. The van der Waals surface area contributed by atoms with Crippen molar-refractivity contribution in [1.82, 2.24) is 4.31 Å². The summed E-state index contributed by atoms with van der Waals surface area (Å²) in [7, 11) is -1.95. The molecule has 0 aliphatic carbocycles. The molecule has 0 unspecified atom stereocenters. The minimum atomic E-state index is -3.50.